The number of rotatable bonds is 7. The van der Waals surface area contributed by atoms with Gasteiger partial charge < -0.3 is 38.6 Å². The lowest BCUT2D eigenvalue weighted by atomic mass is 9.79. The van der Waals surface area contributed by atoms with Gasteiger partial charge in [0.15, 0.2) is 17.3 Å². The van der Waals surface area contributed by atoms with Gasteiger partial charge in [0.2, 0.25) is 5.89 Å². The smallest absolute Gasteiger partial charge is 0.360 e. The Bertz CT molecular complexity index is 1810. The highest BCUT2D eigenvalue weighted by atomic mass is 16.6. The number of hydrogen-bond acceptors (Lipinski definition) is 12. The van der Waals surface area contributed by atoms with E-state index in [1.54, 1.807) is 43.6 Å². The van der Waals surface area contributed by atoms with Crippen LogP contribution in [0.15, 0.2) is 113 Å². The molecule has 7 atom stereocenters. The number of nitrogens with one attached hydrogen (secondary N) is 1. The largest absolute Gasteiger partial charge is 0.457 e. The molecule has 4 heterocycles. The molecule has 4 bridgehead atoms. The number of nitrogens with zero attached hydrogens (tertiary/aromatic N) is 2. The summed E-state index contributed by atoms with van der Waals surface area (Å²) in [5, 5.41) is 25.2. The van der Waals surface area contributed by atoms with E-state index < -0.39 is 53.3 Å². The zero-order valence-corrected chi connectivity index (χ0v) is 32.7. The van der Waals surface area contributed by atoms with E-state index in [9.17, 15) is 19.8 Å². The maximum Gasteiger partial charge on any atom is 0.360 e. The number of cyclic esters (lactones) is 2. The van der Waals surface area contributed by atoms with E-state index in [0.717, 1.165) is 0 Å². The Hall–Kier alpha value is -4.88. The van der Waals surface area contributed by atoms with E-state index in [1.165, 1.54) is 12.5 Å². The number of oxazole rings is 2. The number of fused-ring (bicyclic) bond motifs is 5. The molecular formula is C43H55N3O9. The third-order valence-corrected chi connectivity index (χ3v) is 9.77. The van der Waals surface area contributed by atoms with Crippen molar-refractivity contribution in [3.8, 4) is 0 Å². The van der Waals surface area contributed by atoms with Gasteiger partial charge in [-0.05, 0) is 13.8 Å². The molecule has 1 saturated heterocycles. The van der Waals surface area contributed by atoms with E-state index in [1.807, 2.05) is 102 Å². The van der Waals surface area contributed by atoms with Crippen LogP contribution in [0.5, 0.6) is 0 Å². The van der Waals surface area contributed by atoms with Crippen molar-refractivity contribution in [1.82, 2.24) is 15.3 Å². The van der Waals surface area contributed by atoms with Crippen LogP contribution in [0.4, 0.5) is 0 Å². The number of esters is 2. The standard InChI is InChI=1S/C43H55N3O9/c1-8-18-34(47)42(3,4)36-23-14-12-10-11-13-20-29(51-7)26-39-46-33(28-53-39)41(50)55-37(43(5,6)35(48)19-9-2)24-17-22-31-30(44-31)21-15-16-25-38-45-32(27-52-38)40(49)54-36/h8-22,25,27-31,34-37,44,47-48H,23-24,26H2,1-7H3/b11-10-,14-12-,18-8+,19-9+,20-13+,21-15+,22-17-,25-16-/t29-,30-,31+,34-,35-,36-,37-/m0/s1. The number of aromatic nitrogens is 2. The lowest BCUT2D eigenvalue weighted by Crippen LogP contribution is -2.42. The van der Waals surface area contributed by atoms with Crippen molar-refractivity contribution in [2.45, 2.75) is 103 Å². The van der Waals surface area contributed by atoms with Crippen molar-refractivity contribution in [2.75, 3.05) is 7.11 Å². The molecule has 1 fully saturated rings. The molecule has 2 aliphatic rings. The van der Waals surface area contributed by atoms with E-state index in [2.05, 4.69) is 15.3 Å². The van der Waals surface area contributed by atoms with Crippen molar-refractivity contribution in [1.29, 1.82) is 0 Å². The summed E-state index contributed by atoms with van der Waals surface area (Å²) in [6.45, 7) is 11.0. The highest BCUT2D eigenvalue weighted by Crippen LogP contribution is 2.33. The molecule has 0 saturated carbocycles. The van der Waals surface area contributed by atoms with E-state index in [0.29, 0.717) is 18.7 Å². The zero-order chi connectivity index (χ0) is 40.0. The van der Waals surface area contributed by atoms with Gasteiger partial charge >= 0.3 is 11.9 Å². The van der Waals surface area contributed by atoms with Crippen LogP contribution in [0, 0.1) is 10.8 Å². The lowest BCUT2D eigenvalue weighted by molar-refractivity contribution is -0.0461. The number of hydrogen-bond donors (Lipinski definition) is 3. The van der Waals surface area contributed by atoms with Gasteiger partial charge in [-0.1, -0.05) is 119 Å². The van der Waals surface area contributed by atoms with E-state index in [4.69, 9.17) is 23.0 Å². The van der Waals surface area contributed by atoms with Gasteiger partial charge in [0.05, 0.1) is 24.7 Å². The molecule has 0 unspecified atom stereocenters. The highest BCUT2D eigenvalue weighted by Gasteiger charge is 2.39. The molecule has 0 amide bonds. The normalized spacial score (nSPS) is 28.3. The van der Waals surface area contributed by atoms with Gasteiger partial charge in [0, 0.05) is 48.9 Å². The summed E-state index contributed by atoms with van der Waals surface area (Å²) < 4.78 is 28.6. The monoisotopic (exact) mass is 757 g/mol. The number of allylic oxidation sites excluding steroid dienone is 8. The highest BCUT2D eigenvalue weighted by molar-refractivity contribution is 5.87. The summed E-state index contributed by atoms with van der Waals surface area (Å²) in [6, 6.07) is 0.156. The lowest BCUT2D eigenvalue weighted by Gasteiger charge is -2.36. The molecule has 0 radical (unpaired) electrons. The SMILES string of the molecule is C/C=C/[C@H](O)C(C)(C)[C@@H]1C\C=C/C=C\C=C\[C@H](OC)Cc2nc(co2)C(=O)O[C@H](C(C)(C)[C@@H](O)/C=C/C)C/C=C\[C@H]2N[C@H]2/C=C/C=C\c2nc(co2)C(=O)O1. The number of carbonyl (C=O) groups excluding carboxylic acids is 2. The Morgan fingerprint density at radius 1 is 0.764 bits per heavy atom. The summed E-state index contributed by atoms with van der Waals surface area (Å²) in [4.78, 5) is 35.2. The molecule has 55 heavy (non-hydrogen) atoms. The first-order chi connectivity index (χ1) is 26.3. The van der Waals surface area contributed by atoms with Crippen molar-refractivity contribution in [3.05, 3.63) is 127 Å². The number of ether oxygens (including phenoxy) is 3. The second-order valence-electron chi connectivity index (χ2n) is 14.6. The molecule has 0 spiro atoms. The quantitative estimate of drug-likeness (QED) is 0.153. The molecular weight excluding hydrogens is 702 g/mol. The van der Waals surface area contributed by atoms with Gasteiger partial charge in [-0.15, -0.1) is 0 Å². The number of aliphatic hydroxyl groups is 2. The summed E-state index contributed by atoms with van der Waals surface area (Å²) >= 11 is 0. The van der Waals surface area contributed by atoms with Gasteiger partial charge in [-0.25, -0.2) is 19.6 Å². The van der Waals surface area contributed by atoms with Crippen molar-refractivity contribution >= 4 is 18.0 Å². The predicted octanol–water partition coefficient (Wildman–Crippen LogP) is 6.83. The van der Waals surface area contributed by atoms with Crippen LogP contribution >= 0.6 is 0 Å². The molecule has 4 rings (SSSR count). The van der Waals surface area contributed by atoms with Crippen molar-refractivity contribution in [2.24, 2.45) is 10.8 Å². The molecule has 0 aromatic carbocycles. The fraction of sp³-hybridized carbons (Fsp3) is 0.442. The first kappa shape index (κ1) is 42.9. The minimum absolute atomic E-state index is 0.0201. The molecule has 2 aromatic heterocycles. The molecule has 12 heteroatoms. The minimum atomic E-state index is -0.869. The molecule has 2 aliphatic heterocycles. The molecule has 296 valence electrons. The molecule has 0 aliphatic carbocycles. The van der Waals surface area contributed by atoms with Gasteiger partial charge in [0.25, 0.3) is 0 Å². The van der Waals surface area contributed by atoms with Crippen LogP contribution in [-0.2, 0) is 20.6 Å². The summed E-state index contributed by atoms with van der Waals surface area (Å²) in [6.07, 6.45) is 29.0. The van der Waals surface area contributed by atoms with Gasteiger partial charge in [-0.3, -0.25) is 0 Å². The maximum atomic E-state index is 13.3. The van der Waals surface area contributed by atoms with Crippen molar-refractivity contribution in [3.63, 3.8) is 0 Å². The molecule has 12 nitrogen and oxygen atoms in total. The fourth-order valence-electron chi connectivity index (χ4n) is 5.77. The molecule has 2 aromatic rings. The van der Waals surface area contributed by atoms with Crippen LogP contribution in [0.2, 0.25) is 0 Å². The number of aliphatic hydroxyl groups excluding tert-OH is 2. The first-order valence-corrected chi connectivity index (χ1v) is 18.5. The third kappa shape index (κ3) is 12.3. The average Bonchev–Trinajstić information content (AvgIpc) is 3.47. The average molecular weight is 758 g/mol. The Labute approximate surface area is 323 Å². The van der Waals surface area contributed by atoms with Gasteiger partial charge in [-0.2, -0.15) is 0 Å². The second kappa shape index (κ2) is 20.2. The summed E-state index contributed by atoms with van der Waals surface area (Å²) in [5.74, 6) is -0.774. The van der Waals surface area contributed by atoms with E-state index >= 15 is 0 Å². The first-order valence-electron chi connectivity index (χ1n) is 18.5. The van der Waals surface area contributed by atoms with Crippen LogP contribution in [-0.4, -0.2) is 81.8 Å². The maximum absolute atomic E-state index is 13.3. The Balaban J connectivity index is 1.58. The zero-order valence-electron chi connectivity index (χ0n) is 32.7. The third-order valence-electron chi connectivity index (χ3n) is 9.77. The number of methoxy groups -OCH3 is 1. The van der Waals surface area contributed by atoms with E-state index in [-0.39, 0.29) is 35.8 Å². The van der Waals surface area contributed by atoms with Gasteiger partial charge in [0.1, 0.15) is 24.7 Å². The Morgan fingerprint density at radius 3 is 1.96 bits per heavy atom. The topological polar surface area (TPSA) is 176 Å². The minimum Gasteiger partial charge on any atom is -0.457 e. The summed E-state index contributed by atoms with van der Waals surface area (Å²) in [7, 11) is 1.57. The summed E-state index contributed by atoms with van der Waals surface area (Å²) in [5.41, 5.74) is -1.61. The number of carbonyl (C=O) groups is 2. The second-order valence-corrected chi connectivity index (χ2v) is 14.6. The predicted molar refractivity (Wildman–Crippen MR) is 210 cm³/mol. The Kier molecular flexibility index (Phi) is 15.7. The Morgan fingerprint density at radius 2 is 1.33 bits per heavy atom. The van der Waals surface area contributed by atoms with Crippen LogP contribution < -0.4 is 5.32 Å². The van der Waals surface area contributed by atoms with Crippen LogP contribution in [0.3, 0.4) is 0 Å². The fourth-order valence-corrected chi connectivity index (χ4v) is 5.77. The van der Waals surface area contributed by atoms with Crippen LogP contribution in [0.1, 0.15) is 87.1 Å². The molecule has 3 N–H and O–H groups in total. The van der Waals surface area contributed by atoms with Crippen LogP contribution in [0.25, 0.3) is 6.08 Å². The van der Waals surface area contributed by atoms with Crippen molar-refractivity contribution < 1.29 is 42.8 Å².